The predicted molar refractivity (Wildman–Crippen MR) is 82.0 cm³/mol. The average Bonchev–Trinajstić information content (AvgIpc) is 3.21. The van der Waals surface area contributed by atoms with E-state index >= 15 is 0 Å². The Kier molecular flexibility index (Phi) is 5.04. The molecule has 2 rings (SSSR count). The Hall–Kier alpha value is -1.36. The van der Waals surface area contributed by atoms with E-state index in [1.807, 2.05) is 12.4 Å². The van der Waals surface area contributed by atoms with Crippen molar-refractivity contribution in [3.8, 4) is 0 Å². The molecule has 0 aliphatic heterocycles. The third kappa shape index (κ3) is 3.46. The highest BCUT2D eigenvalue weighted by atomic mass is 16.5. The lowest BCUT2D eigenvalue weighted by molar-refractivity contribution is -0.151. The maximum Gasteiger partial charge on any atom is 0.328 e. The molecule has 5 nitrogen and oxygen atoms in total. The first-order valence-corrected chi connectivity index (χ1v) is 7.89. The highest BCUT2D eigenvalue weighted by Gasteiger charge is 2.52. The first-order chi connectivity index (χ1) is 10.0. The van der Waals surface area contributed by atoms with E-state index < -0.39 is 5.54 Å². The van der Waals surface area contributed by atoms with Crippen LogP contribution in [0.25, 0.3) is 0 Å². The van der Waals surface area contributed by atoms with E-state index in [0.717, 1.165) is 31.5 Å². The van der Waals surface area contributed by atoms with Gasteiger partial charge < -0.3 is 9.30 Å². The number of hydrogen-bond donors (Lipinski definition) is 1. The van der Waals surface area contributed by atoms with Gasteiger partial charge in [-0.15, -0.1) is 0 Å². The van der Waals surface area contributed by atoms with Crippen LogP contribution in [0.4, 0.5) is 0 Å². The molecule has 1 saturated carbocycles. The summed E-state index contributed by atoms with van der Waals surface area (Å²) in [5.41, 5.74) is -0.633. The van der Waals surface area contributed by atoms with Crippen LogP contribution in [-0.4, -0.2) is 34.2 Å². The second kappa shape index (κ2) is 6.60. The van der Waals surface area contributed by atoms with Crippen molar-refractivity contribution in [2.24, 2.45) is 5.92 Å². The predicted octanol–water partition coefficient (Wildman–Crippen LogP) is 2.16. The van der Waals surface area contributed by atoms with Crippen LogP contribution in [0.15, 0.2) is 12.4 Å². The van der Waals surface area contributed by atoms with Gasteiger partial charge in [0.1, 0.15) is 11.4 Å². The number of nitrogens with one attached hydrogen (secondary N) is 1. The standard InChI is InChI=1S/C16H27N3O2/c1-5-6-14-17-9-10-19(14)11-16(13-7-8-13,15(20)21-4)18-12(2)3/h9-10,12-13,18H,5-8,11H2,1-4H3. The third-order valence-corrected chi connectivity index (χ3v) is 4.07. The smallest absolute Gasteiger partial charge is 0.328 e. The topological polar surface area (TPSA) is 56.2 Å². The van der Waals surface area contributed by atoms with E-state index in [2.05, 4.69) is 35.6 Å². The number of ether oxygens (including phenoxy) is 1. The number of nitrogens with zero attached hydrogens (tertiary/aromatic N) is 2. The second-order valence-electron chi connectivity index (χ2n) is 6.26. The summed E-state index contributed by atoms with van der Waals surface area (Å²) in [6.07, 6.45) is 7.90. The summed E-state index contributed by atoms with van der Waals surface area (Å²) in [6.45, 7) is 6.87. The van der Waals surface area contributed by atoms with E-state index in [9.17, 15) is 4.79 Å². The molecule has 21 heavy (non-hydrogen) atoms. The van der Waals surface area contributed by atoms with Gasteiger partial charge in [0, 0.05) is 24.9 Å². The summed E-state index contributed by atoms with van der Waals surface area (Å²) in [7, 11) is 1.47. The van der Waals surface area contributed by atoms with Gasteiger partial charge in [0.25, 0.3) is 0 Å². The first kappa shape index (κ1) is 16.0. The molecule has 0 spiro atoms. The van der Waals surface area contributed by atoms with Crippen molar-refractivity contribution < 1.29 is 9.53 Å². The first-order valence-electron chi connectivity index (χ1n) is 7.89. The van der Waals surface area contributed by atoms with Crippen molar-refractivity contribution in [3.63, 3.8) is 0 Å². The quantitative estimate of drug-likeness (QED) is 0.746. The molecule has 0 bridgehead atoms. The van der Waals surface area contributed by atoms with Gasteiger partial charge >= 0.3 is 5.97 Å². The van der Waals surface area contributed by atoms with Gasteiger partial charge in [-0.1, -0.05) is 6.92 Å². The van der Waals surface area contributed by atoms with Crippen LogP contribution in [0.5, 0.6) is 0 Å². The Morgan fingerprint density at radius 2 is 2.29 bits per heavy atom. The fourth-order valence-electron chi connectivity index (χ4n) is 3.06. The Morgan fingerprint density at radius 3 is 2.81 bits per heavy atom. The number of rotatable bonds is 8. The van der Waals surface area contributed by atoms with Crippen molar-refractivity contribution in [1.82, 2.24) is 14.9 Å². The van der Waals surface area contributed by atoms with Crippen LogP contribution < -0.4 is 5.32 Å². The van der Waals surface area contributed by atoms with Crippen LogP contribution in [-0.2, 0) is 22.5 Å². The van der Waals surface area contributed by atoms with Crippen LogP contribution in [0.2, 0.25) is 0 Å². The minimum atomic E-state index is -0.633. The summed E-state index contributed by atoms with van der Waals surface area (Å²) < 4.78 is 7.24. The number of hydrogen-bond acceptors (Lipinski definition) is 4. The van der Waals surface area contributed by atoms with Gasteiger partial charge in [-0.2, -0.15) is 0 Å². The van der Waals surface area contributed by atoms with Crippen LogP contribution in [0.1, 0.15) is 45.9 Å². The zero-order valence-corrected chi connectivity index (χ0v) is 13.6. The molecule has 1 aliphatic carbocycles. The van der Waals surface area contributed by atoms with E-state index in [4.69, 9.17) is 4.74 Å². The SMILES string of the molecule is CCCc1nccn1CC(NC(C)C)(C(=O)OC)C1CC1. The summed E-state index contributed by atoms with van der Waals surface area (Å²) >= 11 is 0. The van der Waals surface area contributed by atoms with Crippen molar-refractivity contribution in [2.45, 2.75) is 64.6 Å². The molecule has 1 aliphatic rings. The van der Waals surface area contributed by atoms with Crippen LogP contribution >= 0.6 is 0 Å². The maximum atomic E-state index is 12.5. The molecule has 1 aromatic heterocycles. The third-order valence-electron chi connectivity index (χ3n) is 4.07. The fraction of sp³-hybridized carbons (Fsp3) is 0.750. The van der Waals surface area contributed by atoms with Gasteiger partial charge in [-0.3, -0.25) is 5.32 Å². The van der Waals surface area contributed by atoms with E-state index in [0.29, 0.717) is 12.5 Å². The minimum absolute atomic E-state index is 0.158. The Morgan fingerprint density at radius 1 is 1.57 bits per heavy atom. The minimum Gasteiger partial charge on any atom is -0.468 e. The molecule has 0 saturated heterocycles. The maximum absolute atomic E-state index is 12.5. The number of esters is 1. The molecule has 1 unspecified atom stereocenters. The average molecular weight is 293 g/mol. The summed E-state index contributed by atoms with van der Waals surface area (Å²) in [5.74, 6) is 1.23. The van der Waals surface area contributed by atoms with Gasteiger partial charge in [-0.05, 0) is 39.0 Å². The molecule has 1 heterocycles. The lowest BCUT2D eigenvalue weighted by Gasteiger charge is -2.35. The molecule has 0 radical (unpaired) electrons. The van der Waals surface area contributed by atoms with E-state index in [1.165, 1.54) is 7.11 Å². The number of carbonyl (C=O) groups is 1. The Bertz CT molecular complexity index is 480. The lowest BCUT2D eigenvalue weighted by Crippen LogP contribution is -2.59. The molecule has 0 aromatic carbocycles. The molecular formula is C16H27N3O2. The van der Waals surface area contributed by atoms with Gasteiger partial charge in [-0.25, -0.2) is 9.78 Å². The molecule has 1 atom stereocenters. The Labute approximate surface area is 127 Å². The molecule has 0 amide bonds. The number of imidazole rings is 1. The number of carbonyl (C=O) groups excluding carboxylic acids is 1. The van der Waals surface area contributed by atoms with Gasteiger partial charge in [0.2, 0.25) is 0 Å². The monoisotopic (exact) mass is 293 g/mol. The van der Waals surface area contributed by atoms with Crippen LogP contribution in [0, 0.1) is 5.92 Å². The van der Waals surface area contributed by atoms with Crippen molar-refractivity contribution in [1.29, 1.82) is 0 Å². The molecule has 1 N–H and O–H groups in total. The molecule has 118 valence electrons. The Balaban J connectivity index is 2.30. The zero-order valence-electron chi connectivity index (χ0n) is 13.6. The summed E-state index contributed by atoms with van der Waals surface area (Å²) in [6, 6.07) is 0.225. The van der Waals surface area contributed by atoms with Crippen molar-refractivity contribution in [2.75, 3.05) is 7.11 Å². The van der Waals surface area contributed by atoms with Crippen molar-refractivity contribution in [3.05, 3.63) is 18.2 Å². The summed E-state index contributed by atoms with van der Waals surface area (Å²) in [5, 5.41) is 3.49. The molecule has 5 heteroatoms. The van der Waals surface area contributed by atoms with E-state index in [-0.39, 0.29) is 12.0 Å². The second-order valence-corrected chi connectivity index (χ2v) is 6.26. The lowest BCUT2D eigenvalue weighted by atomic mass is 9.91. The highest BCUT2D eigenvalue weighted by Crippen LogP contribution is 2.42. The van der Waals surface area contributed by atoms with Gasteiger partial charge in [0.15, 0.2) is 0 Å². The number of methoxy groups -OCH3 is 1. The zero-order chi connectivity index (χ0) is 15.5. The molecule has 1 fully saturated rings. The van der Waals surface area contributed by atoms with Gasteiger partial charge in [0.05, 0.1) is 13.7 Å². The van der Waals surface area contributed by atoms with E-state index in [1.54, 1.807) is 0 Å². The largest absolute Gasteiger partial charge is 0.468 e. The molecule has 1 aromatic rings. The fourth-order valence-corrected chi connectivity index (χ4v) is 3.06. The van der Waals surface area contributed by atoms with Crippen molar-refractivity contribution >= 4 is 5.97 Å². The number of aryl methyl sites for hydroxylation is 1. The normalized spacial score (nSPS) is 17.8. The number of aromatic nitrogens is 2. The summed E-state index contributed by atoms with van der Waals surface area (Å²) in [4.78, 5) is 16.9. The molecular weight excluding hydrogens is 266 g/mol. The highest BCUT2D eigenvalue weighted by molar-refractivity contribution is 5.81. The van der Waals surface area contributed by atoms with Crippen LogP contribution in [0.3, 0.4) is 0 Å².